The molecule has 1 unspecified atom stereocenters. The van der Waals surface area contributed by atoms with Crippen LogP contribution in [0.2, 0.25) is 0 Å². The van der Waals surface area contributed by atoms with E-state index in [9.17, 15) is 22.8 Å². The van der Waals surface area contributed by atoms with E-state index in [0.717, 1.165) is 35.3 Å². The Morgan fingerprint density at radius 1 is 1.14 bits per heavy atom. The Hall–Kier alpha value is -3.39. The average Bonchev–Trinajstić information content (AvgIpc) is 3.69. The smallest absolute Gasteiger partial charge is 0.254 e. The van der Waals surface area contributed by atoms with Gasteiger partial charge in [0.25, 0.3) is 5.91 Å². The van der Waals surface area contributed by atoms with Crippen LogP contribution >= 0.6 is 11.3 Å². The predicted molar refractivity (Wildman–Crippen MR) is 159 cm³/mol. The van der Waals surface area contributed by atoms with Gasteiger partial charge < -0.3 is 25.0 Å². The first-order valence-electron chi connectivity index (χ1n) is 13.8. The minimum absolute atomic E-state index is 0.00505. The quantitative estimate of drug-likeness (QED) is 0.335. The normalized spacial score (nSPS) is 18.0. The van der Waals surface area contributed by atoms with Crippen LogP contribution in [0.1, 0.15) is 40.4 Å². The number of benzene rings is 2. The molecule has 13 heteroatoms. The van der Waals surface area contributed by atoms with Gasteiger partial charge in [-0.15, -0.1) is 11.3 Å². The topological polar surface area (TPSA) is 144 Å². The lowest BCUT2D eigenvalue weighted by molar-refractivity contribution is -0.126. The van der Waals surface area contributed by atoms with Gasteiger partial charge in [0.1, 0.15) is 5.01 Å². The van der Waals surface area contributed by atoms with Crippen LogP contribution in [-0.2, 0) is 28.9 Å². The van der Waals surface area contributed by atoms with Crippen molar-refractivity contribution in [2.24, 2.45) is 0 Å². The second-order valence-corrected chi connectivity index (χ2v) is 13.8. The van der Waals surface area contributed by atoms with Crippen molar-refractivity contribution in [3.05, 3.63) is 53.0 Å². The summed E-state index contributed by atoms with van der Waals surface area (Å²) in [7, 11) is -2.61. The Morgan fingerprint density at radius 3 is 2.57 bits per heavy atom. The fourth-order valence-electron chi connectivity index (χ4n) is 4.74. The summed E-state index contributed by atoms with van der Waals surface area (Å²) in [5, 5.41) is 3.80. The van der Waals surface area contributed by atoms with E-state index in [0.29, 0.717) is 35.5 Å². The largest absolute Gasteiger partial charge is 0.384 e. The first-order chi connectivity index (χ1) is 20.1. The van der Waals surface area contributed by atoms with E-state index in [1.54, 1.807) is 23.1 Å². The van der Waals surface area contributed by atoms with Crippen molar-refractivity contribution in [1.29, 1.82) is 0 Å². The molecule has 1 saturated carbocycles. The third-order valence-electron chi connectivity index (χ3n) is 7.16. The van der Waals surface area contributed by atoms with E-state index in [-0.39, 0.29) is 47.9 Å². The highest BCUT2D eigenvalue weighted by Gasteiger charge is 2.37. The van der Waals surface area contributed by atoms with Crippen LogP contribution in [0.25, 0.3) is 21.3 Å². The van der Waals surface area contributed by atoms with Gasteiger partial charge in [0.2, 0.25) is 11.8 Å². The summed E-state index contributed by atoms with van der Waals surface area (Å²) in [5.41, 5.74) is 2.88. The minimum Gasteiger partial charge on any atom is -0.384 e. The molecule has 1 aliphatic heterocycles. The standard InChI is InChI=1S/C29H34N4O7S2/c1-18-17-33(11-12-40-18)29(36)20-5-3-19(4-6-20)21-7-10-23-24(15-21)41-28(32-23)26(42(37,38)14-13-39-2)27(35)30-16-25(34)31-22-8-9-22/h3-7,10,15,18,22,26H,8-9,11-14,16-17H2,1-2H3,(H,30,35)(H,31,34)/t18-,26?/m0/s1. The Kier molecular flexibility index (Phi) is 9.21. The molecule has 0 radical (unpaired) electrons. The molecule has 3 aromatic rings. The van der Waals surface area contributed by atoms with E-state index >= 15 is 0 Å². The lowest BCUT2D eigenvalue weighted by Gasteiger charge is -2.31. The van der Waals surface area contributed by atoms with E-state index < -0.39 is 21.0 Å². The van der Waals surface area contributed by atoms with Crippen LogP contribution in [0.3, 0.4) is 0 Å². The molecule has 2 heterocycles. The molecule has 2 aromatic carbocycles. The number of methoxy groups -OCH3 is 1. The van der Waals surface area contributed by atoms with Gasteiger partial charge >= 0.3 is 0 Å². The second-order valence-electron chi connectivity index (χ2n) is 10.5. The van der Waals surface area contributed by atoms with Crippen molar-refractivity contribution < 1.29 is 32.3 Å². The van der Waals surface area contributed by atoms with Crippen molar-refractivity contribution in [2.45, 2.75) is 37.2 Å². The zero-order chi connectivity index (χ0) is 29.9. The van der Waals surface area contributed by atoms with Crippen LogP contribution in [0.5, 0.6) is 0 Å². The molecule has 2 fully saturated rings. The minimum atomic E-state index is -4.00. The summed E-state index contributed by atoms with van der Waals surface area (Å²) in [6, 6.07) is 13.0. The summed E-state index contributed by atoms with van der Waals surface area (Å²) in [6.07, 6.45) is 1.81. The van der Waals surface area contributed by atoms with Crippen LogP contribution in [0.4, 0.5) is 0 Å². The SMILES string of the molecule is COCCS(=O)(=O)C(C(=O)NCC(=O)NC1CC1)c1nc2ccc(-c3ccc(C(=O)N4CCO[C@@H](C)C4)cc3)cc2s1. The average molecular weight is 615 g/mol. The van der Waals surface area contributed by atoms with Crippen LogP contribution in [0.15, 0.2) is 42.5 Å². The molecule has 1 aliphatic carbocycles. The number of ether oxygens (including phenoxy) is 2. The fourth-order valence-corrected chi connectivity index (χ4v) is 7.71. The summed E-state index contributed by atoms with van der Waals surface area (Å²) < 4.78 is 37.7. The first kappa shape index (κ1) is 30.1. The molecule has 1 saturated heterocycles. The number of carbonyl (C=O) groups is 3. The Balaban J connectivity index is 1.36. The molecular weight excluding hydrogens is 580 g/mol. The number of aromatic nitrogens is 1. The van der Waals surface area contributed by atoms with Gasteiger partial charge in [-0.25, -0.2) is 13.4 Å². The third kappa shape index (κ3) is 7.14. The molecule has 2 atom stereocenters. The molecule has 42 heavy (non-hydrogen) atoms. The number of hydrogen-bond acceptors (Lipinski definition) is 9. The fraction of sp³-hybridized carbons (Fsp3) is 0.448. The molecule has 2 N–H and O–H groups in total. The van der Waals surface area contributed by atoms with E-state index in [2.05, 4.69) is 15.6 Å². The van der Waals surface area contributed by atoms with Gasteiger partial charge in [-0.05, 0) is 55.2 Å². The van der Waals surface area contributed by atoms with Gasteiger partial charge in [-0.2, -0.15) is 0 Å². The maximum Gasteiger partial charge on any atom is 0.254 e. The van der Waals surface area contributed by atoms with Gasteiger partial charge in [0.15, 0.2) is 15.1 Å². The maximum absolute atomic E-state index is 13.2. The number of hydrogen-bond donors (Lipinski definition) is 2. The Bertz CT molecular complexity index is 1570. The number of thiazole rings is 1. The van der Waals surface area contributed by atoms with Crippen LogP contribution in [-0.4, -0.2) is 93.9 Å². The number of morpholine rings is 1. The maximum atomic E-state index is 13.2. The van der Waals surface area contributed by atoms with Crippen molar-refractivity contribution >= 4 is 49.1 Å². The summed E-state index contributed by atoms with van der Waals surface area (Å²) in [6.45, 7) is 3.19. The number of nitrogens with zero attached hydrogens (tertiary/aromatic N) is 2. The first-order valence-corrected chi connectivity index (χ1v) is 16.4. The molecule has 11 nitrogen and oxygen atoms in total. The molecular formula is C29H34N4O7S2. The predicted octanol–water partition coefficient (Wildman–Crippen LogP) is 2.32. The zero-order valence-electron chi connectivity index (χ0n) is 23.5. The summed E-state index contributed by atoms with van der Waals surface area (Å²) >= 11 is 1.12. The number of sulfone groups is 1. The highest BCUT2D eigenvalue weighted by Crippen LogP contribution is 2.34. The highest BCUT2D eigenvalue weighted by molar-refractivity contribution is 7.92. The van der Waals surface area contributed by atoms with Crippen molar-refractivity contribution in [2.75, 3.05) is 45.7 Å². The van der Waals surface area contributed by atoms with Gasteiger partial charge in [-0.3, -0.25) is 14.4 Å². The zero-order valence-corrected chi connectivity index (χ0v) is 25.1. The number of fused-ring (bicyclic) bond motifs is 1. The second kappa shape index (κ2) is 12.9. The van der Waals surface area contributed by atoms with E-state index in [1.165, 1.54) is 7.11 Å². The van der Waals surface area contributed by atoms with Crippen molar-refractivity contribution in [3.63, 3.8) is 0 Å². The Morgan fingerprint density at radius 2 is 1.88 bits per heavy atom. The molecule has 224 valence electrons. The number of carbonyl (C=O) groups excluding carboxylic acids is 3. The summed E-state index contributed by atoms with van der Waals surface area (Å²) in [5.74, 6) is -1.57. The monoisotopic (exact) mass is 614 g/mol. The molecule has 0 bridgehead atoms. The van der Waals surface area contributed by atoms with Crippen molar-refractivity contribution in [1.82, 2.24) is 20.5 Å². The molecule has 3 amide bonds. The summed E-state index contributed by atoms with van der Waals surface area (Å²) in [4.78, 5) is 44.5. The third-order valence-corrected chi connectivity index (χ3v) is 10.3. The highest BCUT2D eigenvalue weighted by atomic mass is 32.2. The van der Waals surface area contributed by atoms with Gasteiger partial charge in [-0.1, -0.05) is 18.2 Å². The van der Waals surface area contributed by atoms with E-state index in [1.807, 2.05) is 31.2 Å². The lowest BCUT2D eigenvalue weighted by atomic mass is 10.0. The van der Waals surface area contributed by atoms with Crippen LogP contribution < -0.4 is 10.6 Å². The Labute approximate surface area is 248 Å². The number of rotatable bonds is 11. The molecule has 5 rings (SSSR count). The molecule has 2 aliphatic rings. The molecule has 0 spiro atoms. The van der Waals surface area contributed by atoms with E-state index in [4.69, 9.17) is 9.47 Å². The number of nitrogens with one attached hydrogen (secondary N) is 2. The van der Waals surface area contributed by atoms with Crippen molar-refractivity contribution in [3.8, 4) is 11.1 Å². The van der Waals surface area contributed by atoms with Gasteiger partial charge in [0.05, 0.1) is 41.8 Å². The number of amides is 3. The van der Waals surface area contributed by atoms with Crippen LogP contribution in [0, 0.1) is 0 Å². The van der Waals surface area contributed by atoms with Gasteiger partial charge in [0, 0.05) is 31.8 Å². The lowest BCUT2D eigenvalue weighted by Crippen LogP contribution is -2.44. The molecule has 1 aromatic heterocycles.